The smallest absolute Gasteiger partial charge is 0.161 e. The lowest BCUT2D eigenvalue weighted by Gasteiger charge is -2.16. The van der Waals surface area contributed by atoms with Crippen molar-refractivity contribution in [1.82, 2.24) is 0 Å². The first-order valence-corrected chi connectivity index (χ1v) is 7.52. The number of thioether (sulfide) groups is 1. The first-order chi connectivity index (χ1) is 9.10. The molecule has 1 fully saturated rings. The van der Waals surface area contributed by atoms with Crippen LogP contribution in [0.15, 0.2) is 17.1 Å². The van der Waals surface area contributed by atoms with Crippen molar-refractivity contribution in [3.8, 4) is 0 Å². The first kappa shape index (κ1) is 12.9. The molecule has 1 spiro atoms. The van der Waals surface area contributed by atoms with Crippen LogP contribution in [0.4, 0.5) is 14.5 Å². The summed E-state index contributed by atoms with van der Waals surface area (Å²) in [5, 5.41) is 3.48. The summed E-state index contributed by atoms with van der Waals surface area (Å²) in [4.78, 5) is 4.66. The normalized spacial score (nSPS) is 20.9. The van der Waals surface area contributed by atoms with Crippen molar-refractivity contribution in [3.63, 3.8) is 0 Å². The molecule has 1 aromatic rings. The quantitative estimate of drug-likeness (QED) is 0.838. The molecular weight excluding hydrogens is 266 g/mol. The summed E-state index contributed by atoms with van der Waals surface area (Å²) < 4.78 is 27.6. The summed E-state index contributed by atoms with van der Waals surface area (Å²) in [6.07, 6.45) is 4.57. The average Bonchev–Trinajstić information content (AvgIpc) is 3.01. The topological polar surface area (TPSA) is 24.4 Å². The predicted molar refractivity (Wildman–Crippen MR) is 75.8 cm³/mol. The Bertz CT molecular complexity index is 536. The van der Waals surface area contributed by atoms with E-state index >= 15 is 0 Å². The van der Waals surface area contributed by atoms with Gasteiger partial charge in [-0.1, -0.05) is 30.7 Å². The molecule has 3 rings (SSSR count). The van der Waals surface area contributed by atoms with Gasteiger partial charge in [0.25, 0.3) is 0 Å². The molecule has 1 N–H and O–H groups in total. The fourth-order valence-electron chi connectivity index (χ4n) is 2.71. The first-order valence-electron chi connectivity index (χ1n) is 6.54. The van der Waals surface area contributed by atoms with Crippen molar-refractivity contribution in [1.29, 1.82) is 0 Å². The molecule has 0 amide bonds. The molecular formula is C14H16F2N2S. The van der Waals surface area contributed by atoms with Crippen LogP contribution in [0, 0.1) is 18.6 Å². The van der Waals surface area contributed by atoms with Crippen molar-refractivity contribution >= 4 is 22.6 Å². The van der Waals surface area contributed by atoms with Gasteiger partial charge in [-0.3, -0.25) is 4.99 Å². The second-order valence-corrected chi connectivity index (χ2v) is 6.28. The zero-order chi connectivity index (χ0) is 13.5. The summed E-state index contributed by atoms with van der Waals surface area (Å²) in [6, 6.07) is 2.73. The number of rotatable bonds is 1. The highest BCUT2D eigenvalue weighted by molar-refractivity contribution is 8.14. The Kier molecular flexibility index (Phi) is 3.25. The zero-order valence-corrected chi connectivity index (χ0v) is 11.6. The van der Waals surface area contributed by atoms with Crippen LogP contribution < -0.4 is 5.32 Å². The van der Waals surface area contributed by atoms with E-state index in [-0.39, 0.29) is 11.2 Å². The summed E-state index contributed by atoms with van der Waals surface area (Å²) in [5.74, 6) is -0.181. The molecule has 1 aliphatic heterocycles. The maximum Gasteiger partial charge on any atom is 0.161 e. The minimum Gasteiger partial charge on any atom is -0.330 e. The Morgan fingerprint density at radius 2 is 2.00 bits per heavy atom. The SMILES string of the molecule is Cc1ccc(F)c(NC2=NC3(CCCC3)CS2)c1F. The van der Waals surface area contributed by atoms with Crippen LogP contribution in [-0.4, -0.2) is 16.5 Å². The van der Waals surface area contributed by atoms with Crippen molar-refractivity contribution < 1.29 is 8.78 Å². The van der Waals surface area contributed by atoms with Gasteiger partial charge in [0, 0.05) is 5.75 Å². The van der Waals surface area contributed by atoms with Crippen LogP contribution in [0.25, 0.3) is 0 Å². The van der Waals surface area contributed by atoms with Gasteiger partial charge in [-0.05, 0) is 31.4 Å². The molecule has 1 aliphatic carbocycles. The van der Waals surface area contributed by atoms with Gasteiger partial charge in [0.2, 0.25) is 0 Å². The second-order valence-electron chi connectivity index (χ2n) is 5.32. The fourth-order valence-corrected chi connectivity index (χ4v) is 3.91. The monoisotopic (exact) mass is 282 g/mol. The largest absolute Gasteiger partial charge is 0.330 e. The molecule has 0 bridgehead atoms. The van der Waals surface area contributed by atoms with E-state index in [2.05, 4.69) is 10.3 Å². The van der Waals surface area contributed by atoms with E-state index in [0.29, 0.717) is 10.7 Å². The minimum absolute atomic E-state index is 0.0176. The summed E-state index contributed by atoms with van der Waals surface area (Å²) in [6.45, 7) is 1.63. The molecule has 19 heavy (non-hydrogen) atoms. The molecule has 0 atom stereocenters. The van der Waals surface area contributed by atoms with E-state index in [1.165, 1.54) is 25.0 Å². The fraction of sp³-hybridized carbons (Fsp3) is 0.500. The van der Waals surface area contributed by atoms with Crippen LogP contribution in [0.3, 0.4) is 0 Å². The number of aliphatic imine (C=N–C) groups is 1. The molecule has 2 nitrogen and oxygen atoms in total. The number of benzene rings is 1. The molecule has 0 saturated heterocycles. The van der Waals surface area contributed by atoms with Crippen LogP contribution in [-0.2, 0) is 0 Å². The van der Waals surface area contributed by atoms with Crippen molar-refractivity contribution in [3.05, 3.63) is 29.3 Å². The maximum atomic E-state index is 13.9. The number of amidine groups is 1. The number of hydrogen-bond acceptors (Lipinski definition) is 3. The van der Waals surface area contributed by atoms with E-state index < -0.39 is 11.6 Å². The van der Waals surface area contributed by atoms with Gasteiger partial charge in [0.15, 0.2) is 11.0 Å². The molecule has 5 heteroatoms. The van der Waals surface area contributed by atoms with Crippen molar-refractivity contribution in [2.24, 2.45) is 4.99 Å². The third-order valence-electron chi connectivity index (χ3n) is 3.87. The highest BCUT2D eigenvalue weighted by atomic mass is 32.2. The molecule has 2 aliphatic rings. The number of nitrogens with zero attached hydrogens (tertiary/aromatic N) is 1. The lowest BCUT2D eigenvalue weighted by Crippen LogP contribution is -2.21. The second kappa shape index (κ2) is 4.78. The van der Waals surface area contributed by atoms with E-state index in [1.807, 2.05) is 0 Å². The molecule has 1 saturated carbocycles. The van der Waals surface area contributed by atoms with Crippen molar-refractivity contribution in [2.75, 3.05) is 11.1 Å². The number of hydrogen-bond donors (Lipinski definition) is 1. The van der Waals surface area contributed by atoms with E-state index in [0.717, 1.165) is 18.6 Å². The van der Waals surface area contributed by atoms with Crippen LogP contribution in [0.5, 0.6) is 0 Å². The van der Waals surface area contributed by atoms with Crippen LogP contribution in [0.1, 0.15) is 31.2 Å². The molecule has 0 unspecified atom stereocenters. The molecule has 0 radical (unpaired) electrons. The molecule has 102 valence electrons. The Labute approximate surface area is 115 Å². The van der Waals surface area contributed by atoms with Gasteiger partial charge in [-0.2, -0.15) is 0 Å². The average molecular weight is 282 g/mol. The number of nitrogens with one attached hydrogen (secondary N) is 1. The summed E-state index contributed by atoms with van der Waals surface area (Å²) in [5.41, 5.74) is 0.369. The Hall–Kier alpha value is -1.10. The van der Waals surface area contributed by atoms with Gasteiger partial charge in [0.05, 0.1) is 5.54 Å². The van der Waals surface area contributed by atoms with E-state index in [1.54, 1.807) is 18.7 Å². The third-order valence-corrected chi connectivity index (χ3v) is 5.02. The minimum atomic E-state index is -0.571. The third kappa shape index (κ3) is 2.36. The molecule has 0 aromatic heterocycles. The lowest BCUT2D eigenvalue weighted by molar-refractivity contribution is 0.508. The van der Waals surface area contributed by atoms with Crippen LogP contribution >= 0.6 is 11.8 Å². The predicted octanol–water partition coefficient (Wildman–Crippen LogP) is 4.10. The summed E-state index contributed by atoms with van der Waals surface area (Å²) >= 11 is 1.56. The van der Waals surface area contributed by atoms with Gasteiger partial charge >= 0.3 is 0 Å². The highest BCUT2D eigenvalue weighted by Crippen LogP contribution is 2.41. The van der Waals surface area contributed by atoms with E-state index in [4.69, 9.17) is 0 Å². The maximum absolute atomic E-state index is 13.9. The molecule has 1 aromatic carbocycles. The number of aryl methyl sites for hydroxylation is 1. The van der Waals surface area contributed by atoms with E-state index in [9.17, 15) is 8.78 Å². The Balaban J connectivity index is 1.85. The van der Waals surface area contributed by atoms with Gasteiger partial charge in [-0.15, -0.1) is 0 Å². The Morgan fingerprint density at radius 3 is 2.74 bits per heavy atom. The van der Waals surface area contributed by atoms with Crippen molar-refractivity contribution in [2.45, 2.75) is 38.1 Å². The number of anilines is 1. The zero-order valence-electron chi connectivity index (χ0n) is 10.8. The van der Waals surface area contributed by atoms with Gasteiger partial charge in [-0.25, -0.2) is 8.78 Å². The van der Waals surface area contributed by atoms with Gasteiger partial charge < -0.3 is 5.32 Å². The van der Waals surface area contributed by atoms with Gasteiger partial charge in [0.1, 0.15) is 11.5 Å². The highest BCUT2D eigenvalue weighted by Gasteiger charge is 2.38. The van der Waals surface area contributed by atoms with Crippen LogP contribution in [0.2, 0.25) is 0 Å². The molecule has 1 heterocycles. The standard InChI is InChI=1S/C14H16F2N2S/c1-9-4-5-10(15)12(11(9)16)17-13-18-14(8-19-13)6-2-3-7-14/h4-5H,2-3,6-8H2,1H3,(H,17,18). The summed E-state index contributed by atoms with van der Waals surface area (Å²) in [7, 11) is 0. The Morgan fingerprint density at radius 1 is 1.26 bits per heavy atom. The number of halogens is 2. The lowest BCUT2D eigenvalue weighted by atomic mass is 10.0.